The molecule has 20 heavy (non-hydrogen) atoms. The number of aromatic nitrogens is 2. The first-order valence-electron chi connectivity index (χ1n) is 7.56. The molecule has 2 aliphatic rings. The van der Waals surface area contributed by atoms with Crippen LogP contribution in [0.5, 0.6) is 0 Å². The zero-order valence-electron chi connectivity index (χ0n) is 12.2. The highest BCUT2D eigenvalue weighted by molar-refractivity contribution is 5.02. The lowest BCUT2D eigenvalue weighted by Crippen LogP contribution is -2.46. The zero-order valence-corrected chi connectivity index (χ0v) is 12.2. The van der Waals surface area contributed by atoms with Crippen LogP contribution >= 0.6 is 0 Å². The summed E-state index contributed by atoms with van der Waals surface area (Å²) in [5.74, 6) is 0.890. The van der Waals surface area contributed by atoms with E-state index in [0.717, 1.165) is 38.7 Å². The number of rotatable bonds is 6. The van der Waals surface area contributed by atoms with E-state index in [1.165, 1.54) is 24.9 Å². The third-order valence-electron chi connectivity index (χ3n) is 4.04. The van der Waals surface area contributed by atoms with Gasteiger partial charge in [-0.25, -0.2) is 9.97 Å². The maximum Gasteiger partial charge on any atom is 0.115 e. The van der Waals surface area contributed by atoms with Gasteiger partial charge in [0.05, 0.1) is 12.7 Å². The lowest BCUT2D eigenvalue weighted by atomic mass is 10.2. The van der Waals surface area contributed by atoms with Crippen molar-refractivity contribution in [2.75, 3.05) is 39.8 Å². The molecule has 1 atom stereocenters. The van der Waals surface area contributed by atoms with E-state index in [2.05, 4.69) is 26.8 Å². The molecule has 0 bridgehead atoms. The summed E-state index contributed by atoms with van der Waals surface area (Å²) >= 11 is 0. The van der Waals surface area contributed by atoms with Gasteiger partial charge < -0.3 is 9.64 Å². The van der Waals surface area contributed by atoms with E-state index in [0.29, 0.717) is 6.10 Å². The van der Waals surface area contributed by atoms with E-state index in [4.69, 9.17) is 4.74 Å². The van der Waals surface area contributed by atoms with Crippen molar-refractivity contribution in [1.29, 1.82) is 0 Å². The highest BCUT2D eigenvalue weighted by Crippen LogP contribution is 2.30. The van der Waals surface area contributed by atoms with Crippen molar-refractivity contribution >= 4 is 0 Å². The topological polar surface area (TPSA) is 41.5 Å². The Morgan fingerprint density at radius 3 is 2.80 bits per heavy atom. The Labute approximate surface area is 121 Å². The molecule has 0 radical (unpaired) electrons. The van der Waals surface area contributed by atoms with Gasteiger partial charge >= 0.3 is 0 Å². The summed E-state index contributed by atoms with van der Waals surface area (Å²) in [6, 6.07) is 0. The molecular weight excluding hydrogens is 252 g/mol. The highest BCUT2D eigenvalue weighted by atomic mass is 16.5. The molecule has 0 N–H and O–H groups in total. The van der Waals surface area contributed by atoms with Crippen LogP contribution in [0.1, 0.15) is 18.4 Å². The number of hydrogen-bond acceptors (Lipinski definition) is 5. The second kappa shape index (κ2) is 6.61. The molecular formula is C15H24N4O. The third-order valence-corrected chi connectivity index (χ3v) is 4.04. The van der Waals surface area contributed by atoms with Gasteiger partial charge in [0.25, 0.3) is 0 Å². The van der Waals surface area contributed by atoms with Crippen molar-refractivity contribution in [3.05, 3.63) is 24.3 Å². The molecule has 1 aliphatic carbocycles. The Kier molecular flexibility index (Phi) is 4.60. The van der Waals surface area contributed by atoms with Crippen LogP contribution in [0.3, 0.4) is 0 Å². The van der Waals surface area contributed by atoms with Gasteiger partial charge in [0.15, 0.2) is 0 Å². The lowest BCUT2D eigenvalue weighted by molar-refractivity contribution is -0.0373. The van der Waals surface area contributed by atoms with Crippen LogP contribution < -0.4 is 0 Å². The Bertz CT molecular complexity index is 410. The van der Waals surface area contributed by atoms with Crippen molar-refractivity contribution in [2.45, 2.75) is 25.5 Å². The van der Waals surface area contributed by atoms with Crippen LogP contribution in [0.4, 0.5) is 0 Å². The summed E-state index contributed by atoms with van der Waals surface area (Å²) < 4.78 is 5.90. The molecule has 3 rings (SSSR count). The average Bonchev–Trinajstić information content (AvgIpc) is 3.24. The van der Waals surface area contributed by atoms with Gasteiger partial charge in [-0.2, -0.15) is 0 Å². The molecule has 2 heterocycles. The normalized spacial score (nSPS) is 24.2. The standard InChI is InChI=1S/C15H24N4O/c1-18-4-5-20-15(10-18)11-19(8-13-2-3-13)9-14-6-16-12-17-7-14/h6-7,12-13,15H,2-5,8-11H2,1H3/t15-/m0/s1. The van der Waals surface area contributed by atoms with Crippen LogP contribution in [0.15, 0.2) is 18.7 Å². The smallest absolute Gasteiger partial charge is 0.115 e. The van der Waals surface area contributed by atoms with Crippen LogP contribution in [0, 0.1) is 5.92 Å². The minimum Gasteiger partial charge on any atom is -0.374 e. The predicted molar refractivity (Wildman–Crippen MR) is 77.3 cm³/mol. The predicted octanol–water partition coefficient (Wildman–Crippen LogP) is 1.02. The molecule has 1 saturated carbocycles. The number of hydrogen-bond donors (Lipinski definition) is 0. The van der Waals surface area contributed by atoms with Crippen LogP contribution in [-0.4, -0.2) is 65.7 Å². The van der Waals surface area contributed by atoms with Gasteiger partial charge in [-0.1, -0.05) is 0 Å². The van der Waals surface area contributed by atoms with E-state index in [9.17, 15) is 0 Å². The Morgan fingerprint density at radius 2 is 2.10 bits per heavy atom. The summed E-state index contributed by atoms with van der Waals surface area (Å²) in [6.45, 7) is 6.06. The molecule has 0 spiro atoms. The molecule has 0 unspecified atom stereocenters. The van der Waals surface area contributed by atoms with E-state index in [1.54, 1.807) is 6.33 Å². The van der Waals surface area contributed by atoms with Crippen molar-refractivity contribution in [3.63, 3.8) is 0 Å². The first-order valence-corrected chi connectivity index (χ1v) is 7.56. The fraction of sp³-hybridized carbons (Fsp3) is 0.733. The van der Waals surface area contributed by atoms with Gasteiger partial charge in [0.2, 0.25) is 0 Å². The number of morpholine rings is 1. The Balaban J connectivity index is 1.57. The highest BCUT2D eigenvalue weighted by Gasteiger charge is 2.27. The van der Waals surface area contributed by atoms with E-state index < -0.39 is 0 Å². The molecule has 0 aromatic carbocycles. The molecule has 1 aromatic heterocycles. The van der Waals surface area contributed by atoms with Crippen LogP contribution in [0.2, 0.25) is 0 Å². The van der Waals surface area contributed by atoms with Gasteiger partial charge in [-0.15, -0.1) is 0 Å². The maximum absolute atomic E-state index is 5.90. The summed E-state index contributed by atoms with van der Waals surface area (Å²) in [7, 11) is 2.17. The molecule has 1 aliphatic heterocycles. The van der Waals surface area contributed by atoms with Gasteiger partial charge in [0.1, 0.15) is 6.33 Å². The van der Waals surface area contributed by atoms with Crippen LogP contribution in [0.25, 0.3) is 0 Å². The summed E-state index contributed by atoms with van der Waals surface area (Å²) in [5.41, 5.74) is 1.19. The van der Waals surface area contributed by atoms with Crippen molar-refractivity contribution in [1.82, 2.24) is 19.8 Å². The summed E-state index contributed by atoms with van der Waals surface area (Å²) in [5, 5.41) is 0. The minimum atomic E-state index is 0.331. The van der Waals surface area contributed by atoms with Gasteiger partial charge in [0, 0.05) is 50.7 Å². The van der Waals surface area contributed by atoms with Crippen molar-refractivity contribution in [2.24, 2.45) is 5.92 Å². The average molecular weight is 276 g/mol. The number of nitrogens with zero attached hydrogens (tertiary/aromatic N) is 4. The SMILES string of the molecule is CN1CCO[C@H](CN(Cc2cncnc2)CC2CC2)C1. The Hall–Kier alpha value is -1.04. The maximum atomic E-state index is 5.90. The molecule has 0 amide bonds. The molecule has 5 heteroatoms. The van der Waals surface area contributed by atoms with Crippen molar-refractivity contribution < 1.29 is 4.74 Å². The van der Waals surface area contributed by atoms with Crippen LogP contribution in [-0.2, 0) is 11.3 Å². The second-order valence-electron chi connectivity index (χ2n) is 6.14. The molecule has 1 aromatic rings. The Morgan fingerprint density at radius 1 is 1.30 bits per heavy atom. The minimum absolute atomic E-state index is 0.331. The fourth-order valence-corrected chi connectivity index (χ4v) is 2.80. The monoisotopic (exact) mass is 276 g/mol. The first-order chi connectivity index (χ1) is 9.79. The second-order valence-corrected chi connectivity index (χ2v) is 6.14. The van der Waals surface area contributed by atoms with E-state index >= 15 is 0 Å². The largest absolute Gasteiger partial charge is 0.374 e. The van der Waals surface area contributed by atoms with Gasteiger partial charge in [-0.3, -0.25) is 4.90 Å². The lowest BCUT2D eigenvalue weighted by Gasteiger charge is -2.34. The summed E-state index contributed by atoms with van der Waals surface area (Å²) in [6.07, 6.45) is 8.52. The molecule has 110 valence electrons. The molecule has 2 fully saturated rings. The fourth-order valence-electron chi connectivity index (χ4n) is 2.80. The van der Waals surface area contributed by atoms with Crippen molar-refractivity contribution in [3.8, 4) is 0 Å². The number of likely N-dealkylation sites (N-methyl/N-ethyl adjacent to an activating group) is 1. The van der Waals surface area contributed by atoms with E-state index in [-0.39, 0.29) is 0 Å². The summed E-state index contributed by atoms with van der Waals surface area (Å²) in [4.78, 5) is 13.1. The quantitative estimate of drug-likeness (QED) is 0.776. The molecule has 5 nitrogen and oxygen atoms in total. The molecule has 1 saturated heterocycles. The number of ether oxygens (including phenoxy) is 1. The van der Waals surface area contributed by atoms with E-state index in [1.807, 2.05) is 12.4 Å². The van der Waals surface area contributed by atoms with Gasteiger partial charge in [-0.05, 0) is 25.8 Å². The zero-order chi connectivity index (χ0) is 13.8. The third kappa shape index (κ3) is 4.23. The first kappa shape index (κ1) is 13.9.